The van der Waals surface area contributed by atoms with E-state index in [-0.39, 0.29) is 13.0 Å². The number of nitrogens with one attached hydrogen (secondary N) is 1. The van der Waals surface area contributed by atoms with Gasteiger partial charge in [0.15, 0.2) is 0 Å². The molecule has 1 saturated heterocycles. The van der Waals surface area contributed by atoms with Gasteiger partial charge in [-0.25, -0.2) is 4.31 Å². The lowest BCUT2D eigenvalue weighted by Crippen LogP contribution is -2.70. The van der Waals surface area contributed by atoms with Crippen molar-refractivity contribution in [3.63, 3.8) is 0 Å². The Morgan fingerprint density at radius 2 is 2.08 bits per heavy atom. The monoisotopic (exact) mass is 355 g/mol. The topological polar surface area (TPSA) is 125 Å². The van der Waals surface area contributed by atoms with Gasteiger partial charge >= 0.3 is 10.3 Å². The Morgan fingerprint density at radius 1 is 1.42 bits per heavy atom. The van der Waals surface area contributed by atoms with E-state index in [2.05, 4.69) is 10.5 Å². The normalized spacial score (nSPS) is 20.8. The molecule has 1 fully saturated rings. The van der Waals surface area contributed by atoms with E-state index in [0.717, 1.165) is 5.56 Å². The van der Waals surface area contributed by atoms with Crippen molar-refractivity contribution in [1.29, 1.82) is 0 Å². The molecule has 2 atom stereocenters. The molecule has 2 rings (SSSR count). The van der Waals surface area contributed by atoms with Crippen molar-refractivity contribution in [3.8, 4) is 0 Å². The Balaban J connectivity index is 1.71. The van der Waals surface area contributed by atoms with Crippen LogP contribution in [0, 0.1) is 0 Å². The molecule has 0 spiro atoms. The molecular weight excluding hydrogens is 338 g/mol. The van der Waals surface area contributed by atoms with Crippen LogP contribution >= 0.6 is 0 Å². The predicted octanol–water partition coefficient (Wildman–Crippen LogP) is -0.0545. The largest absolute Gasteiger partial charge is 0.395 e. The van der Waals surface area contributed by atoms with Crippen LogP contribution in [0.1, 0.15) is 18.9 Å². The van der Waals surface area contributed by atoms with Crippen LogP contribution in [0.4, 0.5) is 0 Å². The minimum Gasteiger partial charge on any atom is -0.395 e. The van der Waals surface area contributed by atoms with Crippen molar-refractivity contribution >= 4 is 28.3 Å². The van der Waals surface area contributed by atoms with Gasteiger partial charge in [0.2, 0.25) is 5.91 Å². The van der Waals surface area contributed by atoms with Gasteiger partial charge in [-0.3, -0.25) is 14.1 Å². The SMILES string of the molecule is C[C@H]1[C@H](NC(=O)CCO/N=C\c2ccccc2)C(=O)N1S(=O)(=O)O. The van der Waals surface area contributed by atoms with Gasteiger partial charge < -0.3 is 10.2 Å². The summed E-state index contributed by atoms with van der Waals surface area (Å²) in [5, 5.41) is 6.10. The van der Waals surface area contributed by atoms with E-state index in [1.54, 1.807) is 0 Å². The summed E-state index contributed by atoms with van der Waals surface area (Å²) in [6.45, 7) is 1.41. The first-order valence-corrected chi connectivity index (χ1v) is 8.51. The molecule has 9 nitrogen and oxygen atoms in total. The van der Waals surface area contributed by atoms with Gasteiger partial charge in [-0.05, 0) is 12.5 Å². The summed E-state index contributed by atoms with van der Waals surface area (Å²) >= 11 is 0. The third kappa shape index (κ3) is 4.30. The molecule has 1 heterocycles. The molecule has 1 aromatic rings. The molecular formula is C14H17N3O6S. The quantitative estimate of drug-likeness (QED) is 0.232. The Labute approximate surface area is 139 Å². The number of rotatable bonds is 7. The highest BCUT2D eigenvalue weighted by molar-refractivity contribution is 7.84. The Morgan fingerprint density at radius 3 is 2.67 bits per heavy atom. The second-order valence-corrected chi connectivity index (χ2v) is 6.42. The van der Waals surface area contributed by atoms with Crippen molar-refractivity contribution in [3.05, 3.63) is 35.9 Å². The lowest BCUT2D eigenvalue weighted by molar-refractivity contribution is -0.145. The molecule has 0 aliphatic carbocycles. The molecule has 0 aromatic heterocycles. The summed E-state index contributed by atoms with van der Waals surface area (Å²) in [7, 11) is -4.60. The molecule has 1 aliphatic heterocycles. The van der Waals surface area contributed by atoms with E-state index < -0.39 is 34.2 Å². The molecule has 130 valence electrons. The van der Waals surface area contributed by atoms with E-state index in [9.17, 15) is 18.0 Å². The van der Waals surface area contributed by atoms with Crippen molar-refractivity contribution in [2.45, 2.75) is 25.4 Å². The smallest absolute Gasteiger partial charge is 0.362 e. The third-order valence-electron chi connectivity index (χ3n) is 3.40. The Kier molecular flexibility index (Phi) is 5.52. The number of nitrogens with zero attached hydrogens (tertiary/aromatic N) is 2. The van der Waals surface area contributed by atoms with Crippen LogP contribution in [0.2, 0.25) is 0 Å². The van der Waals surface area contributed by atoms with Gasteiger partial charge in [-0.15, -0.1) is 0 Å². The number of amides is 2. The number of carbonyl (C=O) groups excluding carboxylic acids is 2. The fourth-order valence-corrected chi connectivity index (χ4v) is 3.06. The minimum atomic E-state index is -4.60. The highest BCUT2D eigenvalue weighted by Crippen LogP contribution is 2.22. The molecule has 10 heteroatoms. The van der Waals surface area contributed by atoms with Crippen LogP contribution in [-0.2, 0) is 24.7 Å². The molecule has 1 aliphatic rings. The maximum atomic E-state index is 11.7. The second-order valence-electron chi connectivity index (χ2n) is 5.13. The Hall–Kier alpha value is -2.46. The number of hydrogen-bond donors (Lipinski definition) is 2. The fourth-order valence-electron chi connectivity index (χ4n) is 2.18. The van der Waals surface area contributed by atoms with Crippen LogP contribution in [0.3, 0.4) is 0 Å². The summed E-state index contributed by atoms with van der Waals surface area (Å²) in [6.07, 6.45) is 1.45. The second kappa shape index (κ2) is 7.41. The zero-order valence-corrected chi connectivity index (χ0v) is 13.6. The lowest BCUT2D eigenvalue weighted by atomic mass is 10.0. The lowest BCUT2D eigenvalue weighted by Gasteiger charge is -2.42. The van der Waals surface area contributed by atoms with Crippen molar-refractivity contribution in [1.82, 2.24) is 9.62 Å². The van der Waals surface area contributed by atoms with E-state index in [1.807, 2.05) is 30.3 Å². The van der Waals surface area contributed by atoms with Gasteiger partial charge in [-0.1, -0.05) is 35.5 Å². The van der Waals surface area contributed by atoms with Crippen LogP contribution in [0.5, 0.6) is 0 Å². The molecule has 0 saturated carbocycles. The summed E-state index contributed by atoms with van der Waals surface area (Å²) in [5.74, 6) is -1.36. The minimum absolute atomic E-state index is 0.00642. The van der Waals surface area contributed by atoms with Gasteiger partial charge in [-0.2, -0.15) is 8.42 Å². The molecule has 0 unspecified atom stereocenters. The average Bonchev–Trinajstić information content (AvgIpc) is 2.52. The van der Waals surface area contributed by atoms with E-state index in [0.29, 0.717) is 4.31 Å². The highest BCUT2D eigenvalue weighted by Gasteiger charge is 2.51. The first kappa shape index (κ1) is 17.9. The Bertz CT molecular complexity index is 734. The summed E-state index contributed by atoms with van der Waals surface area (Å²) in [6, 6.07) is 7.42. The van der Waals surface area contributed by atoms with Crippen molar-refractivity contribution in [2.24, 2.45) is 5.16 Å². The maximum Gasteiger partial charge on any atom is 0.362 e. The van der Waals surface area contributed by atoms with Crippen LogP contribution in [-0.4, -0.2) is 54.0 Å². The van der Waals surface area contributed by atoms with Gasteiger partial charge in [0.1, 0.15) is 12.6 Å². The van der Waals surface area contributed by atoms with Crippen molar-refractivity contribution < 1.29 is 27.4 Å². The van der Waals surface area contributed by atoms with Crippen LogP contribution in [0.15, 0.2) is 35.5 Å². The number of benzene rings is 1. The predicted molar refractivity (Wildman–Crippen MR) is 84.4 cm³/mol. The number of carbonyl (C=O) groups is 2. The molecule has 2 amide bonds. The van der Waals surface area contributed by atoms with E-state index >= 15 is 0 Å². The van der Waals surface area contributed by atoms with Crippen LogP contribution < -0.4 is 5.32 Å². The number of oxime groups is 1. The van der Waals surface area contributed by atoms with Crippen molar-refractivity contribution in [2.75, 3.05) is 6.61 Å². The molecule has 2 N–H and O–H groups in total. The highest BCUT2D eigenvalue weighted by atomic mass is 32.2. The standard InChI is InChI=1S/C14H17N3O6S/c1-10-13(14(19)17(10)24(20,21)22)16-12(18)7-8-23-15-9-11-5-3-2-4-6-11/h2-6,9-10,13H,7-8H2,1H3,(H,16,18)(H,20,21,22)/b15-9-/t10-,13-/m0/s1. The summed E-state index contributed by atoms with van der Waals surface area (Å²) in [5.41, 5.74) is 0.848. The third-order valence-corrected chi connectivity index (χ3v) is 4.41. The van der Waals surface area contributed by atoms with E-state index in [1.165, 1.54) is 13.1 Å². The van der Waals surface area contributed by atoms with Gasteiger partial charge in [0.05, 0.1) is 18.7 Å². The zero-order valence-electron chi connectivity index (χ0n) is 12.8. The summed E-state index contributed by atoms with van der Waals surface area (Å²) in [4.78, 5) is 28.3. The molecule has 0 bridgehead atoms. The maximum absolute atomic E-state index is 11.7. The zero-order chi connectivity index (χ0) is 17.7. The van der Waals surface area contributed by atoms with Crippen LogP contribution in [0.25, 0.3) is 0 Å². The fraction of sp³-hybridized carbons (Fsp3) is 0.357. The number of hydrogen-bond acceptors (Lipinski definition) is 6. The first-order chi connectivity index (χ1) is 11.3. The molecule has 0 radical (unpaired) electrons. The molecule has 1 aromatic carbocycles. The first-order valence-electron chi connectivity index (χ1n) is 7.11. The van der Waals surface area contributed by atoms with Gasteiger partial charge in [0, 0.05) is 0 Å². The van der Waals surface area contributed by atoms with Gasteiger partial charge in [0.25, 0.3) is 5.91 Å². The van der Waals surface area contributed by atoms with E-state index in [4.69, 9.17) is 9.39 Å². The summed E-state index contributed by atoms with van der Waals surface area (Å²) < 4.78 is 31.0. The average molecular weight is 355 g/mol. The number of β-lactam (4-membered cyclic amide) rings is 1. The molecule has 24 heavy (non-hydrogen) atoms.